The fraction of sp³-hybridized carbons (Fsp3) is 0.300. The molecule has 1 amide bonds. The van der Waals surface area contributed by atoms with E-state index in [1.54, 1.807) is 12.1 Å². The van der Waals surface area contributed by atoms with Crippen molar-refractivity contribution in [3.05, 3.63) is 59.9 Å². The lowest BCUT2D eigenvalue weighted by molar-refractivity contribution is -0.274. The Balaban J connectivity index is 1.63. The normalized spacial score (nSPS) is 12.6. The van der Waals surface area contributed by atoms with Crippen molar-refractivity contribution in [3.63, 3.8) is 0 Å². The molecule has 3 aromatic rings. The van der Waals surface area contributed by atoms with Gasteiger partial charge < -0.3 is 10.1 Å². The van der Waals surface area contributed by atoms with Gasteiger partial charge in [0.15, 0.2) is 0 Å². The quantitative estimate of drug-likeness (QED) is 0.391. The number of alkyl halides is 3. The van der Waals surface area contributed by atoms with E-state index in [9.17, 15) is 22.4 Å². The highest BCUT2D eigenvalue weighted by molar-refractivity contribution is 7.99. The molecule has 1 heterocycles. The highest BCUT2D eigenvalue weighted by Crippen LogP contribution is 2.26. The van der Waals surface area contributed by atoms with Gasteiger partial charge in [0.1, 0.15) is 11.6 Å². The molecule has 2 aromatic carbocycles. The first-order valence-corrected chi connectivity index (χ1v) is 10.4. The van der Waals surface area contributed by atoms with E-state index in [2.05, 4.69) is 25.6 Å². The van der Waals surface area contributed by atoms with Gasteiger partial charge in [-0.1, -0.05) is 37.7 Å². The Bertz CT molecular complexity index is 1040. The van der Waals surface area contributed by atoms with E-state index in [0.29, 0.717) is 5.69 Å². The van der Waals surface area contributed by atoms with Gasteiger partial charge in [-0.25, -0.2) is 4.39 Å². The molecule has 1 N–H and O–H groups in total. The molecule has 1 aromatic heterocycles. The predicted octanol–water partition coefficient (Wildman–Crippen LogP) is 4.31. The van der Waals surface area contributed by atoms with Crippen molar-refractivity contribution in [2.75, 3.05) is 5.75 Å². The molecule has 0 aliphatic carbocycles. The van der Waals surface area contributed by atoms with Gasteiger partial charge in [0, 0.05) is 0 Å². The lowest BCUT2D eigenvalue weighted by Crippen LogP contribution is -2.33. The van der Waals surface area contributed by atoms with Gasteiger partial charge in [-0.3, -0.25) is 4.79 Å². The fourth-order valence-electron chi connectivity index (χ4n) is 2.87. The van der Waals surface area contributed by atoms with Gasteiger partial charge in [-0.15, -0.1) is 18.3 Å². The Morgan fingerprint density at radius 2 is 1.78 bits per heavy atom. The number of amides is 1. The minimum atomic E-state index is -4.79. The van der Waals surface area contributed by atoms with E-state index < -0.39 is 6.36 Å². The summed E-state index contributed by atoms with van der Waals surface area (Å²) in [6, 6.07) is 10.6. The number of nitrogens with zero attached hydrogens (tertiary/aromatic N) is 4. The Kier molecular flexibility index (Phi) is 7.33. The van der Waals surface area contributed by atoms with E-state index in [-0.39, 0.29) is 40.3 Å². The van der Waals surface area contributed by atoms with Crippen LogP contribution >= 0.6 is 11.8 Å². The van der Waals surface area contributed by atoms with Crippen LogP contribution in [-0.4, -0.2) is 38.2 Å². The van der Waals surface area contributed by atoms with Gasteiger partial charge in [0.2, 0.25) is 11.1 Å². The molecule has 0 saturated carbocycles. The molecule has 0 aliphatic rings. The van der Waals surface area contributed by atoms with Crippen molar-refractivity contribution in [2.24, 2.45) is 5.92 Å². The van der Waals surface area contributed by atoms with Crippen molar-refractivity contribution in [2.45, 2.75) is 31.4 Å². The molecule has 170 valence electrons. The summed E-state index contributed by atoms with van der Waals surface area (Å²) >= 11 is 1.07. The number of tetrazole rings is 1. The number of hydrogen-bond acceptors (Lipinski definition) is 6. The Morgan fingerprint density at radius 3 is 2.38 bits per heavy atom. The van der Waals surface area contributed by atoms with E-state index >= 15 is 0 Å². The lowest BCUT2D eigenvalue weighted by Gasteiger charge is -2.23. The van der Waals surface area contributed by atoms with Crippen LogP contribution in [0, 0.1) is 11.7 Å². The summed E-state index contributed by atoms with van der Waals surface area (Å²) in [4.78, 5) is 12.5. The van der Waals surface area contributed by atoms with Crippen molar-refractivity contribution < 1.29 is 27.1 Å². The minimum Gasteiger partial charge on any atom is -0.406 e. The number of carbonyl (C=O) groups is 1. The molecule has 0 fully saturated rings. The zero-order chi connectivity index (χ0) is 23.3. The highest BCUT2D eigenvalue weighted by atomic mass is 32.2. The molecule has 1 unspecified atom stereocenters. The number of benzene rings is 2. The van der Waals surface area contributed by atoms with Crippen LogP contribution in [0.5, 0.6) is 5.75 Å². The van der Waals surface area contributed by atoms with Crippen molar-refractivity contribution in [3.8, 4) is 11.4 Å². The van der Waals surface area contributed by atoms with Gasteiger partial charge in [-0.05, 0) is 58.3 Å². The molecule has 0 bridgehead atoms. The number of nitrogens with one attached hydrogen (secondary N) is 1. The van der Waals surface area contributed by atoms with Crippen LogP contribution in [0.1, 0.15) is 25.5 Å². The van der Waals surface area contributed by atoms with Crippen molar-refractivity contribution in [1.82, 2.24) is 25.5 Å². The Labute approximate surface area is 185 Å². The fourth-order valence-corrected chi connectivity index (χ4v) is 3.57. The van der Waals surface area contributed by atoms with Crippen LogP contribution in [0.15, 0.2) is 53.7 Å². The first-order valence-electron chi connectivity index (χ1n) is 9.44. The standard InChI is InChI=1S/C20H19F4N5O2S/c1-12(2)18(13-3-5-14(21)6-4-13)25-17(30)11-32-19-26-27-28-29(19)15-7-9-16(10-8-15)31-20(22,23)24/h3-10,12,18H,11H2,1-2H3,(H,25,30). The van der Waals surface area contributed by atoms with E-state index in [1.807, 2.05) is 13.8 Å². The van der Waals surface area contributed by atoms with Crippen molar-refractivity contribution >= 4 is 17.7 Å². The van der Waals surface area contributed by atoms with Gasteiger partial charge in [0.25, 0.3) is 0 Å². The minimum absolute atomic E-state index is 0.0000560. The SMILES string of the molecule is CC(C)C(NC(=O)CSc1nnnn1-c1ccc(OC(F)(F)F)cc1)c1ccc(F)cc1. The zero-order valence-corrected chi connectivity index (χ0v) is 17.8. The number of halogens is 4. The molecular formula is C20H19F4N5O2S. The largest absolute Gasteiger partial charge is 0.573 e. The van der Waals surface area contributed by atoms with Gasteiger partial charge >= 0.3 is 6.36 Å². The predicted molar refractivity (Wildman–Crippen MR) is 109 cm³/mol. The summed E-state index contributed by atoms with van der Waals surface area (Å²) in [7, 11) is 0. The summed E-state index contributed by atoms with van der Waals surface area (Å²) in [6.45, 7) is 3.88. The van der Waals surface area contributed by atoms with Crippen LogP contribution in [0.3, 0.4) is 0 Å². The topological polar surface area (TPSA) is 81.9 Å². The van der Waals surface area contributed by atoms with Crippen LogP contribution in [0.4, 0.5) is 17.6 Å². The van der Waals surface area contributed by atoms with Crippen LogP contribution < -0.4 is 10.1 Å². The maximum Gasteiger partial charge on any atom is 0.573 e. The third kappa shape index (κ3) is 6.42. The lowest BCUT2D eigenvalue weighted by atomic mass is 9.96. The van der Waals surface area contributed by atoms with Crippen LogP contribution in [-0.2, 0) is 4.79 Å². The Morgan fingerprint density at radius 1 is 1.12 bits per heavy atom. The third-order valence-electron chi connectivity index (χ3n) is 4.30. The molecule has 1 atom stereocenters. The molecule has 0 aliphatic heterocycles. The molecule has 0 saturated heterocycles. The van der Waals surface area contributed by atoms with E-state index in [0.717, 1.165) is 29.5 Å². The second-order valence-electron chi connectivity index (χ2n) is 7.04. The maximum absolute atomic E-state index is 13.2. The maximum atomic E-state index is 13.2. The summed E-state index contributed by atoms with van der Waals surface area (Å²) in [5.41, 5.74) is 1.18. The zero-order valence-electron chi connectivity index (χ0n) is 17.0. The second-order valence-corrected chi connectivity index (χ2v) is 7.99. The average molecular weight is 469 g/mol. The monoisotopic (exact) mass is 469 g/mol. The number of hydrogen-bond donors (Lipinski definition) is 1. The number of aromatic nitrogens is 4. The first kappa shape index (κ1) is 23.5. The molecule has 32 heavy (non-hydrogen) atoms. The second kappa shape index (κ2) is 9.98. The van der Waals surface area contributed by atoms with Gasteiger partial charge in [-0.2, -0.15) is 4.68 Å². The number of ether oxygens (including phenoxy) is 1. The highest BCUT2D eigenvalue weighted by Gasteiger charge is 2.31. The van der Waals surface area contributed by atoms with E-state index in [1.165, 1.54) is 28.9 Å². The third-order valence-corrected chi connectivity index (χ3v) is 5.22. The van der Waals surface area contributed by atoms with Crippen molar-refractivity contribution in [1.29, 1.82) is 0 Å². The molecule has 7 nitrogen and oxygen atoms in total. The summed E-state index contributed by atoms with van der Waals surface area (Å²) in [5, 5.41) is 14.5. The summed E-state index contributed by atoms with van der Waals surface area (Å²) in [5.74, 6) is -0.940. The Hall–Kier alpha value is -3.15. The molecule has 0 spiro atoms. The molecule has 12 heteroatoms. The van der Waals surface area contributed by atoms with Crippen LogP contribution in [0.2, 0.25) is 0 Å². The number of carbonyl (C=O) groups excluding carboxylic acids is 1. The smallest absolute Gasteiger partial charge is 0.406 e. The molecule has 0 radical (unpaired) electrons. The number of rotatable bonds is 8. The van der Waals surface area contributed by atoms with Crippen LogP contribution in [0.25, 0.3) is 5.69 Å². The average Bonchev–Trinajstić information content (AvgIpc) is 3.19. The summed E-state index contributed by atoms with van der Waals surface area (Å²) < 4.78 is 55.3. The molecular weight excluding hydrogens is 450 g/mol. The number of thioether (sulfide) groups is 1. The molecule has 3 rings (SSSR count). The van der Waals surface area contributed by atoms with E-state index in [4.69, 9.17) is 0 Å². The van der Waals surface area contributed by atoms with Gasteiger partial charge in [0.05, 0.1) is 17.5 Å². The summed E-state index contributed by atoms with van der Waals surface area (Å²) in [6.07, 6.45) is -4.79. The first-order chi connectivity index (χ1) is 15.1.